The topological polar surface area (TPSA) is 92.2 Å². The molecule has 7 nitrogen and oxygen atoms in total. The zero-order valence-corrected chi connectivity index (χ0v) is 17.4. The Morgan fingerprint density at radius 2 is 1.41 bits per heavy atom. The second kappa shape index (κ2) is 9.39. The molecule has 1 heterocycles. The van der Waals surface area contributed by atoms with E-state index in [0.717, 1.165) is 23.9 Å². The third-order valence-electron chi connectivity index (χ3n) is 5.44. The second-order valence-electron chi connectivity index (χ2n) is 7.28. The van der Waals surface area contributed by atoms with Crippen LogP contribution in [0.1, 0.15) is 23.3 Å². The molecular weight excluding hydrogens is 406 g/mol. The third kappa shape index (κ3) is 3.95. The second-order valence-corrected chi connectivity index (χ2v) is 7.28. The van der Waals surface area contributed by atoms with E-state index in [2.05, 4.69) is 9.53 Å². The molecule has 0 radical (unpaired) electrons. The van der Waals surface area contributed by atoms with E-state index in [1.165, 1.54) is 0 Å². The van der Waals surface area contributed by atoms with Gasteiger partial charge in [-0.2, -0.15) is 4.79 Å². The Balaban J connectivity index is 1.90. The van der Waals surface area contributed by atoms with Crippen LogP contribution < -0.4 is 5.06 Å². The summed E-state index contributed by atoms with van der Waals surface area (Å²) >= 11 is 0. The van der Waals surface area contributed by atoms with Gasteiger partial charge in [0, 0.05) is 0 Å². The maximum Gasteiger partial charge on any atom is 0.441 e. The number of anilines is 1. The maximum atomic E-state index is 13.6. The molecule has 3 atom stereocenters. The highest BCUT2D eigenvalue weighted by Gasteiger charge is 2.53. The van der Waals surface area contributed by atoms with Gasteiger partial charge < -0.3 is 10.3 Å². The molecule has 7 heteroatoms. The number of hydrogen-bond donors (Lipinski definition) is 0. The fraction of sp³-hybridized carbons (Fsp3) is 0.160. The normalized spacial score (nSPS) is 19.8. The van der Waals surface area contributed by atoms with Crippen molar-refractivity contribution in [1.82, 2.24) is 0 Å². The van der Waals surface area contributed by atoms with Crippen molar-refractivity contribution in [1.29, 1.82) is 0 Å². The zero-order chi connectivity index (χ0) is 22.5. The van der Waals surface area contributed by atoms with E-state index in [-0.39, 0.29) is 0 Å². The molecule has 4 rings (SSSR count). The Labute approximate surface area is 185 Å². The summed E-state index contributed by atoms with van der Waals surface area (Å²) in [5.74, 6) is -2.56. The van der Waals surface area contributed by atoms with Gasteiger partial charge >= 0.3 is 11.7 Å². The molecule has 0 saturated carbocycles. The molecule has 1 aliphatic rings. The Hall–Kier alpha value is -4.06. The molecule has 0 aliphatic carbocycles. The van der Waals surface area contributed by atoms with Gasteiger partial charge in [0.25, 0.3) is 5.78 Å². The van der Waals surface area contributed by atoms with Gasteiger partial charge in [0.2, 0.25) is 0 Å². The molecule has 3 aromatic rings. The van der Waals surface area contributed by atoms with E-state index in [1.807, 2.05) is 91.0 Å². The number of benzene rings is 3. The molecule has 32 heavy (non-hydrogen) atoms. The number of nitrogens with zero attached hydrogens (tertiary/aromatic N) is 3. The van der Waals surface area contributed by atoms with E-state index in [1.54, 1.807) is 5.06 Å². The van der Waals surface area contributed by atoms with Crippen molar-refractivity contribution in [3.8, 4) is 0 Å². The number of rotatable bonds is 6. The van der Waals surface area contributed by atoms with Gasteiger partial charge in [0.05, 0.1) is 24.8 Å². The monoisotopic (exact) mass is 427 g/mol. The number of ether oxygens (including phenoxy) is 1. The van der Waals surface area contributed by atoms with E-state index >= 15 is 0 Å². The van der Waals surface area contributed by atoms with Crippen molar-refractivity contribution in [3.63, 3.8) is 0 Å². The molecule has 0 unspecified atom stereocenters. The highest BCUT2D eigenvalue weighted by atomic mass is 16.7. The van der Waals surface area contributed by atoms with Gasteiger partial charge in [0.1, 0.15) is 6.10 Å². The van der Waals surface area contributed by atoms with Crippen LogP contribution in [-0.4, -0.2) is 29.4 Å². The van der Waals surface area contributed by atoms with Gasteiger partial charge in [-0.15, -0.1) is 0 Å². The lowest BCUT2D eigenvalue weighted by molar-refractivity contribution is -0.140. The first-order valence-electron chi connectivity index (χ1n) is 10.1. The van der Waals surface area contributed by atoms with Crippen LogP contribution in [0.4, 0.5) is 5.69 Å². The van der Waals surface area contributed by atoms with Crippen molar-refractivity contribution in [2.45, 2.75) is 12.1 Å². The lowest BCUT2D eigenvalue weighted by atomic mass is 9.82. The van der Waals surface area contributed by atoms with Crippen LogP contribution >= 0.6 is 0 Å². The number of carbonyl (C=O) groups is 2. The van der Waals surface area contributed by atoms with Crippen molar-refractivity contribution in [2.75, 3.05) is 12.2 Å². The Bertz CT molecular complexity index is 1150. The van der Waals surface area contributed by atoms with Gasteiger partial charge in [0.15, 0.2) is 0 Å². The fourth-order valence-corrected chi connectivity index (χ4v) is 3.99. The molecule has 1 fully saturated rings. The molecule has 160 valence electrons. The summed E-state index contributed by atoms with van der Waals surface area (Å²) in [6, 6.07) is 27.5. The molecule has 0 N–H and O–H groups in total. The molecule has 0 bridgehead atoms. The summed E-state index contributed by atoms with van der Waals surface area (Å²) in [5.41, 5.74) is 11.1. The predicted molar refractivity (Wildman–Crippen MR) is 118 cm³/mol. The highest BCUT2D eigenvalue weighted by molar-refractivity contribution is 6.62. The lowest BCUT2D eigenvalue weighted by Gasteiger charge is -2.26. The predicted octanol–water partition coefficient (Wildman–Crippen LogP) is 3.95. The number of para-hydroxylation sites is 1. The Kier molecular flexibility index (Phi) is 6.22. The van der Waals surface area contributed by atoms with Crippen LogP contribution in [0.2, 0.25) is 0 Å². The number of hydroxylamine groups is 1. The fourth-order valence-electron chi connectivity index (χ4n) is 3.99. The minimum atomic E-state index is -1.01. The summed E-state index contributed by atoms with van der Waals surface area (Å²) in [7, 11) is 1.13. The largest absolute Gasteiger partial charge is 0.460 e. The molecule has 1 saturated heterocycles. The standard InChI is InChI=1S/C25H21N3O4/c1-31-25(30)21(27-26)23(29)20-22(17-11-5-2-6-12-17)28(19-15-9-4-10-16-19)32-24(20)18-13-7-3-8-14-18/h2-16,20,22,24H,1H3/t20-,22-,24-/m0/s1. The summed E-state index contributed by atoms with van der Waals surface area (Å²) in [6.07, 6.45) is -0.726. The van der Waals surface area contributed by atoms with Crippen molar-refractivity contribution >= 4 is 23.2 Å². The molecule has 1 aliphatic heterocycles. The van der Waals surface area contributed by atoms with E-state index in [0.29, 0.717) is 0 Å². The minimum Gasteiger partial charge on any atom is -0.460 e. The van der Waals surface area contributed by atoms with Crippen LogP contribution in [-0.2, 0) is 19.2 Å². The van der Waals surface area contributed by atoms with Gasteiger partial charge in [-0.3, -0.25) is 9.63 Å². The van der Waals surface area contributed by atoms with Gasteiger partial charge in [-0.05, 0) is 23.3 Å². The summed E-state index contributed by atoms with van der Waals surface area (Å²) in [6.45, 7) is 0. The van der Waals surface area contributed by atoms with Crippen LogP contribution in [0, 0.1) is 5.92 Å². The number of hydrogen-bond acceptors (Lipinski definition) is 5. The first kappa shape index (κ1) is 21.2. The molecule has 0 aromatic heterocycles. The first-order chi connectivity index (χ1) is 15.7. The van der Waals surface area contributed by atoms with Gasteiger partial charge in [-0.1, -0.05) is 78.9 Å². The number of ketones is 1. The third-order valence-corrected chi connectivity index (χ3v) is 5.44. The number of esters is 1. The van der Waals surface area contributed by atoms with Crippen LogP contribution in [0.3, 0.4) is 0 Å². The average molecular weight is 427 g/mol. The van der Waals surface area contributed by atoms with Crippen molar-refractivity contribution < 1.29 is 24.0 Å². The quantitative estimate of drug-likeness (QED) is 0.195. The summed E-state index contributed by atoms with van der Waals surface area (Å²) < 4.78 is 4.67. The van der Waals surface area contributed by atoms with E-state index < -0.39 is 35.5 Å². The van der Waals surface area contributed by atoms with Crippen LogP contribution in [0.5, 0.6) is 0 Å². The number of Topliss-reactive ketones (excluding diaryl/α,β-unsaturated/α-hetero) is 1. The molecule has 3 aromatic carbocycles. The zero-order valence-electron chi connectivity index (χ0n) is 17.4. The van der Waals surface area contributed by atoms with Crippen molar-refractivity contribution in [2.24, 2.45) is 5.92 Å². The Morgan fingerprint density at radius 3 is 1.94 bits per heavy atom. The lowest BCUT2D eigenvalue weighted by Crippen LogP contribution is -2.37. The summed E-state index contributed by atoms with van der Waals surface area (Å²) in [4.78, 5) is 35.2. The minimum absolute atomic E-state index is 0.585. The van der Waals surface area contributed by atoms with Crippen molar-refractivity contribution in [3.05, 3.63) is 108 Å². The van der Waals surface area contributed by atoms with E-state index in [9.17, 15) is 15.1 Å². The molecule has 0 amide bonds. The summed E-state index contributed by atoms with van der Waals surface area (Å²) in [5, 5.41) is 1.68. The van der Waals surface area contributed by atoms with Crippen LogP contribution in [0.15, 0.2) is 91.0 Å². The van der Waals surface area contributed by atoms with E-state index in [4.69, 9.17) is 4.84 Å². The smallest absolute Gasteiger partial charge is 0.441 e. The molecular formula is C25H21N3O4. The average Bonchev–Trinajstić information content (AvgIpc) is 3.26. The maximum absolute atomic E-state index is 13.6. The van der Waals surface area contributed by atoms with Gasteiger partial charge in [-0.25, -0.2) is 9.86 Å². The number of carbonyl (C=O) groups excluding carboxylic acids is 2. The SMILES string of the molecule is COC(=O)C(=[N+]=[N-])C(=O)[C@H]1[C@H](c2ccccc2)ON(c2ccccc2)[C@H]1c1ccccc1. The highest BCUT2D eigenvalue weighted by Crippen LogP contribution is 2.49. The number of methoxy groups -OCH3 is 1. The first-order valence-corrected chi connectivity index (χ1v) is 10.1. The molecule has 0 spiro atoms. The van der Waals surface area contributed by atoms with Crippen LogP contribution in [0.25, 0.3) is 5.53 Å². The Morgan fingerprint density at radius 1 is 0.875 bits per heavy atom.